The largest absolute Gasteiger partial charge is 0.355 e. The molecule has 0 saturated carbocycles. The van der Waals surface area contributed by atoms with E-state index in [1.54, 1.807) is 0 Å². The van der Waals surface area contributed by atoms with Crippen molar-refractivity contribution in [3.8, 4) is 0 Å². The third-order valence-corrected chi connectivity index (χ3v) is 4.71. The highest BCUT2D eigenvalue weighted by atomic mass is 32.2. The van der Waals surface area contributed by atoms with Gasteiger partial charge < -0.3 is 10.6 Å². The van der Waals surface area contributed by atoms with E-state index in [1.807, 2.05) is 23.9 Å². The number of thioether (sulfide) groups is 1. The van der Waals surface area contributed by atoms with Crippen LogP contribution in [0.5, 0.6) is 0 Å². The second-order valence-corrected chi connectivity index (χ2v) is 6.53. The number of hydrogen-bond donors (Lipinski definition) is 1. The molecule has 1 aromatic heterocycles. The van der Waals surface area contributed by atoms with Gasteiger partial charge in [0, 0.05) is 36.0 Å². The van der Waals surface area contributed by atoms with Crippen LogP contribution in [0.1, 0.15) is 12.5 Å². The molecule has 1 fully saturated rings. The van der Waals surface area contributed by atoms with Crippen LogP contribution in [-0.4, -0.2) is 29.1 Å². The fourth-order valence-corrected chi connectivity index (χ4v) is 3.60. The third kappa shape index (κ3) is 2.55. The highest BCUT2D eigenvalue weighted by Crippen LogP contribution is 2.26. The number of hydrogen-bond acceptors (Lipinski definition) is 4. The Kier molecular flexibility index (Phi) is 3.62. The maximum Gasteiger partial charge on any atom is 0.129 e. The maximum atomic E-state index is 5.89. The minimum absolute atomic E-state index is 0.564. The van der Waals surface area contributed by atoms with Crippen molar-refractivity contribution in [1.82, 2.24) is 4.98 Å². The van der Waals surface area contributed by atoms with E-state index in [4.69, 9.17) is 10.7 Å². The van der Waals surface area contributed by atoms with Crippen LogP contribution < -0.4 is 10.6 Å². The van der Waals surface area contributed by atoms with Crippen LogP contribution in [0.4, 0.5) is 5.82 Å². The predicted molar refractivity (Wildman–Crippen MR) is 83.8 cm³/mol. The first kappa shape index (κ1) is 12.8. The van der Waals surface area contributed by atoms with E-state index < -0.39 is 0 Å². The van der Waals surface area contributed by atoms with Crippen LogP contribution in [0.3, 0.4) is 0 Å². The molecule has 1 atom stereocenters. The highest BCUT2D eigenvalue weighted by Gasteiger charge is 2.18. The molecule has 0 spiro atoms. The predicted octanol–water partition coefficient (Wildman–Crippen LogP) is 2.64. The Morgan fingerprint density at radius 2 is 2.26 bits per heavy atom. The third-order valence-electron chi connectivity index (χ3n) is 3.57. The van der Waals surface area contributed by atoms with E-state index in [0.29, 0.717) is 11.8 Å². The lowest BCUT2D eigenvalue weighted by Crippen LogP contribution is -2.37. The smallest absolute Gasteiger partial charge is 0.129 e. The molecule has 3 rings (SSSR count). The fraction of sp³-hybridized carbons (Fsp3) is 0.400. The van der Waals surface area contributed by atoms with Crippen LogP contribution >= 0.6 is 11.8 Å². The Bertz CT molecular complexity index is 585. The van der Waals surface area contributed by atoms with E-state index >= 15 is 0 Å². The minimum atomic E-state index is 0.564. The van der Waals surface area contributed by atoms with Crippen molar-refractivity contribution in [2.75, 3.05) is 23.7 Å². The molecule has 1 saturated heterocycles. The summed E-state index contributed by atoms with van der Waals surface area (Å²) in [7, 11) is 0. The van der Waals surface area contributed by atoms with E-state index in [0.717, 1.165) is 24.4 Å². The molecule has 1 aliphatic heterocycles. The van der Waals surface area contributed by atoms with Gasteiger partial charge in [-0.15, -0.1) is 0 Å². The Morgan fingerprint density at radius 3 is 3.05 bits per heavy atom. The van der Waals surface area contributed by atoms with Gasteiger partial charge in [0.05, 0.1) is 5.52 Å². The van der Waals surface area contributed by atoms with Gasteiger partial charge in [-0.05, 0) is 17.7 Å². The van der Waals surface area contributed by atoms with E-state index in [2.05, 4.69) is 30.0 Å². The molecular formula is C15H19N3S. The van der Waals surface area contributed by atoms with Crippen LogP contribution in [0.15, 0.2) is 30.3 Å². The topological polar surface area (TPSA) is 42.1 Å². The van der Waals surface area contributed by atoms with Crippen molar-refractivity contribution in [1.29, 1.82) is 0 Å². The molecule has 0 bridgehead atoms. The molecule has 4 heteroatoms. The molecule has 0 radical (unpaired) electrons. The average Bonchev–Trinajstić information content (AvgIpc) is 2.46. The Hall–Kier alpha value is -1.26. The summed E-state index contributed by atoms with van der Waals surface area (Å²) >= 11 is 2.04. The number of fused-ring (bicyclic) bond motifs is 1. The van der Waals surface area contributed by atoms with E-state index in [1.165, 1.54) is 16.7 Å². The number of pyridine rings is 1. The van der Waals surface area contributed by atoms with E-state index in [-0.39, 0.29) is 0 Å². The molecule has 1 unspecified atom stereocenters. The van der Waals surface area contributed by atoms with Crippen molar-refractivity contribution in [3.63, 3.8) is 0 Å². The summed E-state index contributed by atoms with van der Waals surface area (Å²) in [5.41, 5.74) is 8.13. The minimum Gasteiger partial charge on any atom is -0.355 e. The number of para-hydroxylation sites is 1. The second-order valence-electron chi connectivity index (χ2n) is 4.99. The molecule has 100 valence electrons. The highest BCUT2D eigenvalue weighted by molar-refractivity contribution is 8.00. The van der Waals surface area contributed by atoms with E-state index in [9.17, 15) is 0 Å². The van der Waals surface area contributed by atoms with Gasteiger partial charge in [0.2, 0.25) is 0 Å². The van der Waals surface area contributed by atoms with Crippen LogP contribution in [0.25, 0.3) is 10.9 Å². The molecule has 19 heavy (non-hydrogen) atoms. The SMILES string of the molecule is CC1CN(c2cc(CN)c3ccccc3n2)CCS1. The molecule has 0 amide bonds. The number of nitrogens with zero attached hydrogens (tertiary/aromatic N) is 2. The number of anilines is 1. The molecule has 0 aliphatic carbocycles. The van der Waals surface area contributed by atoms with Crippen LogP contribution in [-0.2, 0) is 6.54 Å². The molecule has 2 heterocycles. The molecule has 2 aromatic rings. The van der Waals surface area contributed by atoms with Crippen molar-refractivity contribution in [2.45, 2.75) is 18.7 Å². The number of aromatic nitrogens is 1. The zero-order valence-electron chi connectivity index (χ0n) is 11.2. The lowest BCUT2D eigenvalue weighted by atomic mass is 10.1. The van der Waals surface area contributed by atoms with Crippen molar-refractivity contribution >= 4 is 28.5 Å². The van der Waals surface area contributed by atoms with Crippen molar-refractivity contribution in [2.24, 2.45) is 5.73 Å². The monoisotopic (exact) mass is 273 g/mol. The first-order chi connectivity index (χ1) is 9.28. The van der Waals surface area contributed by atoms with Crippen molar-refractivity contribution < 1.29 is 0 Å². The summed E-state index contributed by atoms with van der Waals surface area (Å²) in [4.78, 5) is 7.18. The Morgan fingerprint density at radius 1 is 1.42 bits per heavy atom. The molecule has 1 aliphatic rings. The summed E-state index contributed by atoms with van der Waals surface area (Å²) < 4.78 is 0. The van der Waals surface area contributed by atoms with Crippen LogP contribution in [0, 0.1) is 0 Å². The van der Waals surface area contributed by atoms with Gasteiger partial charge >= 0.3 is 0 Å². The molecule has 1 aromatic carbocycles. The Labute approximate surface area is 118 Å². The molecule has 3 nitrogen and oxygen atoms in total. The summed E-state index contributed by atoms with van der Waals surface area (Å²) in [6.45, 7) is 4.99. The van der Waals surface area contributed by atoms with Gasteiger partial charge in [0.15, 0.2) is 0 Å². The average molecular weight is 273 g/mol. The van der Waals surface area contributed by atoms with Crippen molar-refractivity contribution in [3.05, 3.63) is 35.9 Å². The fourth-order valence-electron chi connectivity index (χ4n) is 2.59. The summed E-state index contributed by atoms with van der Waals surface area (Å²) in [6.07, 6.45) is 0. The van der Waals surface area contributed by atoms with Gasteiger partial charge in [-0.3, -0.25) is 0 Å². The Balaban J connectivity index is 2.04. The number of nitrogens with two attached hydrogens (primary N) is 1. The van der Waals surface area contributed by atoms with Crippen LogP contribution in [0.2, 0.25) is 0 Å². The summed E-state index contributed by atoms with van der Waals surface area (Å²) in [5, 5.41) is 1.84. The number of rotatable bonds is 2. The van der Waals surface area contributed by atoms with Gasteiger partial charge in [0.1, 0.15) is 5.82 Å². The number of benzene rings is 1. The standard InChI is InChI=1S/C15H19N3S/c1-11-10-18(6-7-19-11)15-8-12(9-16)13-4-2-3-5-14(13)17-15/h2-5,8,11H,6-7,9-10,16H2,1H3. The lowest BCUT2D eigenvalue weighted by Gasteiger charge is -2.32. The zero-order chi connectivity index (χ0) is 13.2. The van der Waals surface area contributed by atoms with Gasteiger partial charge in [0.25, 0.3) is 0 Å². The zero-order valence-corrected chi connectivity index (χ0v) is 12.0. The summed E-state index contributed by atoms with van der Waals surface area (Å²) in [6, 6.07) is 10.4. The van der Waals surface area contributed by atoms with Gasteiger partial charge in [-0.1, -0.05) is 25.1 Å². The maximum absolute atomic E-state index is 5.89. The quantitative estimate of drug-likeness (QED) is 0.913. The second kappa shape index (κ2) is 5.39. The van der Waals surface area contributed by atoms with Gasteiger partial charge in [-0.2, -0.15) is 11.8 Å². The summed E-state index contributed by atoms with van der Waals surface area (Å²) in [5.74, 6) is 2.25. The lowest BCUT2D eigenvalue weighted by molar-refractivity contribution is 0.771. The normalized spacial score (nSPS) is 19.9. The first-order valence-electron chi connectivity index (χ1n) is 6.73. The molecular weight excluding hydrogens is 254 g/mol. The molecule has 2 N–H and O–H groups in total. The van der Waals surface area contributed by atoms with Gasteiger partial charge in [-0.25, -0.2) is 4.98 Å². The first-order valence-corrected chi connectivity index (χ1v) is 7.78.